The Labute approximate surface area is 119 Å². The van der Waals surface area contributed by atoms with Gasteiger partial charge in [0, 0.05) is 37.8 Å². The van der Waals surface area contributed by atoms with E-state index in [9.17, 15) is 0 Å². The molecule has 0 amide bonds. The van der Waals surface area contributed by atoms with E-state index in [4.69, 9.17) is 4.74 Å². The summed E-state index contributed by atoms with van der Waals surface area (Å²) in [5.74, 6) is 0.757. The predicted octanol–water partition coefficient (Wildman–Crippen LogP) is 2.66. The summed E-state index contributed by atoms with van der Waals surface area (Å²) in [7, 11) is 0. The number of nitrogens with one attached hydrogen (secondary N) is 1. The van der Waals surface area contributed by atoms with Crippen LogP contribution in [0.3, 0.4) is 0 Å². The average Bonchev–Trinajstić information content (AvgIpc) is 2.48. The molecule has 2 heterocycles. The molecular weight excluding hydrogens is 236 g/mol. The van der Waals surface area contributed by atoms with Crippen molar-refractivity contribution in [2.24, 2.45) is 5.92 Å². The minimum absolute atomic E-state index is 0.348. The lowest BCUT2D eigenvalue weighted by molar-refractivity contribution is 0.00721. The Morgan fingerprint density at radius 1 is 1.26 bits per heavy atom. The van der Waals surface area contributed by atoms with E-state index in [0.717, 1.165) is 25.7 Å². The van der Waals surface area contributed by atoms with Gasteiger partial charge in [-0.15, -0.1) is 0 Å². The molecule has 3 heteroatoms. The summed E-state index contributed by atoms with van der Waals surface area (Å²) < 4.78 is 5.65. The fourth-order valence-corrected chi connectivity index (χ4v) is 3.66. The molecule has 19 heavy (non-hydrogen) atoms. The maximum absolute atomic E-state index is 5.65. The molecule has 0 aromatic heterocycles. The zero-order chi connectivity index (χ0) is 13.7. The normalized spacial score (nSPS) is 32.4. The van der Waals surface area contributed by atoms with Crippen molar-refractivity contribution in [2.45, 2.75) is 64.5 Å². The van der Waals surface area contributed by atoms with Crippen molar-refractivity contribution in [2.75, 3.05) is 32.8 Å². The predicted molar refractivity (Wildman–Crippen MR) is 80.5 cm³/mol. The lowest BCUT2D eigenvalue weighted by atomic mass is 9.87. The van der Waals surface area contributed by atoms with Gasteiger partial charge in [-0.2, -0.15) is 0 Å². The summed E-state index contributed by atoms with van der Waals surface area (Å²) in [6.07, 6.45) is 6.32. The van der Waals surface area contributed by atoms with Gasteiger partial charge in [-0.1, -0.05) is 20.8 Å². The zero-order valence-corrected chi connectivity index (χ0v) is 13.1. The van der Waals surface area contributed by atoms with Gasteiger partial charge in [0.05, 0.1) is 6.61 Å². The first kappa shape index (κ1) is 15.3. The quantitative estimate of drug-likeness (QED) is 0.829. The van der Waals surface area contributed by atoms with Crippen LogP contribution in [0, 0.1) is 5.92 Å². The monoisotopic (exact) mass is 268 g/mol. The number of nitrogens with zero attached hydrogens (tertiary/aromatic N) is 1. The first-order valence-corrected chi connectivity index (χ1v) is 8.29. The van der Waals surface area contributed by atoms with Gasteiger partial charge in [0.15, 0.2) is 0 Å². The number of piperazine rings is 1. The van der Waals surface area contributed by atoms with Gasteiger partial charge in [0.2, 0.25) is 0 Å². The Morgan fingerprint density at radius 3 is 2.63 bits per heavy atom. The van der Waals surface area contributed by atoms with Crippen LogP contribution in [0.2, 0.25) is 0 Å². The standard InChI is InChI=1S/C16H32N2O/c1-4-15-10-17-16(5-2,6-3)13-18(15)11-14-8-7-9-19-12-14/h14-15,17H,4-13H2,1-3H3. The molecule has 0 radical (unpaired) electrons. The maximum Gasteiger partial charge on any atom is 0.0506 e. The highest BCUT2D eigenvalue weighted by Crippen LogP contribution is 2.26. The Kier molecular flexibility index (Phi) is 5.67. The van der Waals surface area contributed by atoms with Crippen molar-refractivity contribution in [1.29, 1.82) is 0 Å². The van der Waals surface area contributed by atoms with Crippen molar-refractivity contribution >= 4 is 0 Å². The van der Waals surface area contributed by atoms with Crippen LogP contribution in [0.15, 0.2) is 0 Å². The number of rotatable bonds is 5. The summed E-state index contributed by atoms with van der Waals surface area (Å²) in [6.45, 7) is 12.5. The number of hydrogen-bond donors (Lipinski definition) is 1. The molecule has 0 saturated carbocycles. The van der Waals surface area contributed by atoms with Gasteiger partial charge in [0.1, 0.15) is 0 Å². The van der Waals surface area contributed by atoms with Crippen LogP contribution in [0.1, 0.15) is 52.9 Å². The molecule has 2 fully saturated rings. The topological polar surface area (TPSA) is 24.5 Å². The lowest BCUT2D eigenvalue weighted by Gasteiger charge is -2.48. The fraction of sp³-hybridized carbons (Fsp3) is 1.00. The summed E-state index contributed by atoms with van der Waals surface area (Å²) >= 11 is 0. The van der Waals surface area contributed by atoms with Crippen molar-refractivity contribution in [3.05, 3.63) is 0 Å². The molecule has 2 saturated heterocycles. The largest absolute Gasteiger partial charge is 0.381 e. The average molecular weight is 268 g/mol. The van der Waals surface area contributed by atoms with Crippen LogP contribution in [-0.4, -0.2) is 49.3 Å². The fourth-order valence-electron chi connectivity index (χ4n) is 3.66. The van der Waals surface area contributed by atoms with E-state index >= 15 is 0 Å². The Balaban J connectivity index is 1.96. The smallest absolute Gasteiger partial charge is 0.0506 e. The van der Waals surface area contributed by atoms with Gasteiger partial charge in [0.25, 0.3) is 0 Å². The van der Waals surface area contributed by atoms with Crippen molar-refractivity contribution in [1.82, 2.24) is 10.2 Å². The zero-order valence-electron chi connectivity index (χ0n) is 13.1. The van der Waals surface area contributed by atoms with E-state index in [0.29, 0.717) is 11.6 Å². The van der Waals surface area contributed by atoms with Gasteiger partial charge >= 0.3 is 0 Å². The van der Waals surface area contributed by atoms with Crippen molar-refractivity contribution in [3.8, 4) is 0 Å². The third kappa shape index (κ3) is 3.71. The van der Waals surface area contributed by atoms with Crippen LogP contribution in [0.4, 0.5) is 0 Å². The SMILES string of the molecule is CCC1CNC(CC)(CC)CN1CC1CCCOC1. The molecule has 2 aliphatic heterocycles. The molecule has 2 aliphatic rings. The molecule has 2 atom stereocenters. The minimum atomic E-state index is 0.348. The van der Waals surface area contributed by atoms with Crippen LogP contribution < -0.4 is 5.32 Å². The van der Waals surface area contributed by atoms with Crippen molar-refractivity contribution < 1.29 is 4.74 Å². The Hall–Kier alpha value is -0.120. The van der Waals surface area contributed by atoms with E-state index < -0.39 is 0 Å². The molecule has 0 aliphatic carbocycles. The van der Waals surface area contributed by atoms with Crippen molar-refractivity contribution in [3.63, 3.8) is 0 Å². The molecule has 0 spiro atoms. The first-order chi connectivity index (χ1) is 9.23. The second-order valence-electron chi connectivity index (χ2n) is 6.44. The highest BCUT2D eigenvalue weighted by molar-refractivity contribution is 4.96. The molecule has 0 aromatic rings. The molecule has 0 bridgehead atoms. The minimum Gasteiger partial charge on any atom is -0.381 e. The van der Waals surface area contributed by atoms with Crippen LogP contribution >= 0.6 is 0 Å². The highest BCUT2D eigenvalue weighted by Gasteiger charge is 2.36. The van der Waals surface area contributed by atoms with Crippen LogP contribution in [0.5, 0.6) is 0 Å². The Morgan fingerprint density at radius 2 is 2.05 bits per heavy atom. The van der Waals surface area contributed by atoms with E-state index in [2.05, 4.69) is 31.0 Å². The third-order valence-electron chi connectivity index (χ3n) is 5.31. The van der Waals surface area contributed by atoms with Crippen LogP contribution in [0.25, 0.3) is 0 Å². The second-order valence-corrected chi connectivity index (χ2v) is 6.44. The molecule has 112 valence electrons. The third-order valence-corrected chi connectivity index (χ3v) is 5.31. The van der Waals surface area contributed by atoms with Gasteiger partial charge < -0.3 is 10.1 Å². The summed E-state index contributed by atoms with van der Waals surface area (Å²) in [5.41, 5.74) is 0.348. The number of ether oxygens (including phenoxy) is 1. The molecule has 1 N–H and O–H groups in total. The number of hydrogen-bond acceptors (Lipinski definition) is 3. The molecule has 2 unspecified atom stereocenters. The van der Waals surface area contributed by atoms with Gasteiger partial charge in [-0.25, -0.2) is 0 Å². The van der Waals surface area contributed by atoms with Gasteiger partial charge in [-0.3, -0.25) is 4.90 Å². The van der Waals surface area contributed by atoms with E-state index in [-0.39, 0.29) is 0 Å². The lowest BCUT2D eigenvalue weighted by Crippen LogP contribution is -2.64. The van der Waals surface area contributed by atoms with E-state index in [1.54, 1.807) is 0 Å². The highest BCUT2D eigenvalue weighted by atomic mass is 16.5. The Bertz CT molecular complexity index is 259. The molecule has 2 rings (SSSR count). The first-order valence-electron chi connectivity index (χ1n) is 8.29. The maximum atomic E-state index is 5.65. The van der Waals surface area contributed by atoms with E-state index in [1.807, 2.05) is 0 Å². The van der Waals surface area contributed by atoms with Gasteiger partial charge in [-0.05, 0) is 38.0 Å². The molecular formula is C16H32N2O. The summed E-state index contributed by atoms with van der Waals surface area (Å²) in [4.78, 5) is 2.75. The summed E-state index contributed by atoms with van der Waals surface area (Å²) in [5, 5.41) is 3.83. The van der Waals surface area contributed by atoms with Crippen LogP contribution in [-0.2, 0) is 4.74 Å². The molecule has 0 aromatic carbocycles. The second kappa shape index (κ2) is 7.05. The summed E-state index contributed by atoms with van der Waals surface area (Å²) in [6, 6.07) is 0.716. The molecule has 3 nitrogen and oxygen atoms in total. The van der Waals surface area contributed by atoms with E-state index in [1.165, 1.54) is 45.2 Å².